The number of hydroxylamine groups is 1. The molecule has 0 saturated heterocycles. The van der Waals surface area contributed by atoms with Crippen molar-refractivity contribution in [2.45, 2.75) is 0 Å². The van der Waals surface area contributed by atoms with Crippen LogP contribution >= 0.6 is 0 Å². The molecule has 1 rings (SSSR count). The molecule has 0 saturated carbocycles. The Bertz CT molecular complexity index is 362. The van der Waals surface area contributed by atoms with E-state index in [1.807, 2.05) is 5.48 Å². The molecule has 0 aromatic carbocycles. The predicted octanol–water partition coefficient (Wildman–Crippen LogP) is -2.25. The number of carbonyl (C=O) groups excluding carboxylic acids is 4. The molecular formula is C10H13N3O5. The second-order valence-electron chi connectivity index (χ2n) is 3.34. The number of hydrogen-bond acceptors (Lipinski definition) is 6. The number of hydrogen-bond donors (Lipinski definition) is 2. The molecule has 3 amide bonds. The van der Waals surface area contributed by atoms with Crippen LogP contribution in [0.5, 0.6) is 0 Å². The van der Waals surface area contributed by atoms with Gasteiger partial charge in [0.05, 0.1) is 6.54 Å². The first-order valence-electron chi connectivity index (χ1n) is 5.23. The van der Waals surface area contributed by atoms with E-state index in [4.69, 9.17) is 0 Å². The molecule has 8 heteroatoms. The van der Waals surface area contributed by atoms with Crippen LogP contribution in [0.4, 0.5) is 0 Å². The SMILES string of the molecule is O=CCONC(=O)CNCCN1C(=O)C=CC1=O. The molecule has 0 fully saturated rings. The van der Waals surface area contributed by atoms with Crippen molar-refractivity contribution in [2.24, 2.45) is 0 Å². The lowest BCUT2D eigenvalue weighted by atomic mass is 10.5. The zero-order valence-corrected chi connectivity index (χ0v) is 9.55. The Balaban J connectivity index is 2.08. The average molecular weight is 255 g/mol. The zero-order valence-electron chi connectivity index (χ0n) is 9.55. The van der Waals surface area contributed by atoms with Gasteiger partial charge in [0.15, 0.2) is 0 Å². The van der Waals surface area contributed by atoms with E-state index < -0.39 is 5.91 Å². The van der Waals surface area contributed by atoms with E-state index in [-0.39, 0.29) is 31.5 Å². The topological polar surface area (TPSA) is 105 Å². The molecule has 1 aliphatic rings. The maximum absolute atomic E-state index is 11.1. The summed E-state index contributed by atoms with van der Waals surface area (Å²) in [6.45, 7) is 0.226. The molecule has 0 aliphatic carbocycles. The molecule has 0 radical (unpaired) electrons. The Labute approximate surface area is 103 Å². The van der Waals surface area contributed by atoms with Gasteiger partial charge >= 0.3 is 0 Å². The lowest BCUT2D eigenvalue weighted by molar-refractivity contribution is -0.136. The Hall–Kier alpha value is -2.06. The fourth-order valence-corrected chi connectivity index (χ4v) is 1.24. The van der Waals surface area contributed by atoms with Crippen LogP contribution in [0.2, 0.25) is 0 Å². The Morgan fingerprint density at radius 3 is 2.61 bits per heavy atom. The Kier molecular flexibility index (Phi) is 5.68. The number of rotatable bonds is 8. The third-order valence-corrected chi connectivity index (χ3v) is 2.04. The quantitative estimate of drug-likeness (QED) is 0.220. The molecule has 0 spiro atoms. The first kappa shape index (κ1) is 14.0. The van der Waals surface area contributed by atoms with Crippen molar-refractivity contribution in [2.75, 3.05) is 26.2 Å². The minimum absolute atomic E-state index is 0.0392. The van der Waals surface area contributed by atoms with Gasteiger partial charge in [-0.15, -0.1) is 0 Å². The first-order chi connectivity index (χ1) is 8.65. The molecule has 0 aromatic heterocycles. The van der Waals surface area contributed by atoms with Crippen LogP contribution in [0.3, 0.4) is 0 Å². The molecule has 1 aliphatic heterocycles. The Morgan fingerprint density at radius 1 is 1.33 bits per heavy atom. The highest BCUT2D eigenvalue weighted by molar-refractivity contribution is 6.12. The molecule has 0 unspecified atom stereocenters. The molecule has 1 heterocycles. The highest BCUT2D eigenvalue weighted by Crippen LogP contribution is 2.01. The maximum Gasteiger partial charge on any atom is 0.257 e. The number of imide groups is 1. The van der Waals surface area contributed by atoms with Gasteiger partial charge < -0.3 is 10.1 Å². The summed E-state index contributed by atoms with van der Waals surface area (Å²) >= 11 is 0. The van der Waals surface area contributed by atoms with Gasteiger partial charge in [-0.3, -0.25) is 24.1 Å². The third kappa shape index (κ3) is 4.44. The third-order valence-electron chi connectivity index (χ3n) is 2.04. The standard InChI is InChI=1S/C10H13N3O5/c14-5-6-18-12-8(15)7-11-3-4-13-9(16)1-2-10(13)17/h1-2,5,11H,3-4,6-7H2,(H,12,15). The van der Waals surface area contributed by atoms with Gasteiger partial charge in [-0.05, 0) is 0 Å². The van der Waals surface area contributed by atoms with E-state index >= 15 is 0 Å². The van der Waals surface area contributed by atoms with Gasteiger partial charge in [-0.25, -0.2) is 5.48 Å². The van der Waals surface area contributed by atoms with Crippen LogP contribution < -0.4 is 10.8 Å². The minimum Gasteiger partial charge on any atom is -0.307 e. The summed E-state index contributed by atoms with van der Waals surface area (Å²) < 4.78 is 0. The van der Waals surface area contributed by atoms with E-state index in [1.54, 1.807) is 0 Å². The van der Waals surface area contributed by atoms with Crippen molar-refractivity contribution in [1.82, 2.24) is 15.7 Å². The van der Waals surface area contributed by atoms with Gasteiger partial charge in [0.25, 0.3) is 17.7 Å². The monoisotopic (exact) mass is 255 g/mol. The van der Waals surface area contributed by atoms with Crippen LogP contribution in [-0.4, -0.2) is 55.1 Å². The Morgan fingerprint density at radius 2 is 2.00 bits per heavy atom. The predicted molar refractivity (Wildman–Crippen MR) is 58.9 cm³/mol. The molecule has 98 valence electrons. The number of nitrogens with zero attached hydrogens (tertiary/aromatic N) is 1. The van der Waals surface area contributed by atoms with Gasteiger partial charge in [0.1, 0.15) is 12.9 Å². The summed E-state index contributed by atoms with van der Waals surface area (Å²) in [5, 5.41) is 2.73. The molecule has 8 nitrogen and oxygen atoms in total. The van der Waals surface area contributed by atoms with E-state index in [0.717, 1.165) is 4.90 Å². The molecule has 18 heavy (non-hydrogen) atoms. The van der Waals surface area contributed by atoms with Crippen LogP contribution in [0.25, 0.3) is 0 Å². The fourth-order valence-electron chi connectivity index (χ4n) is 1.24. The van der Waals surface area contributed by atoms with Crippen LogP contribution in [-0.2, 0) is 24.0 Å². The molecule has 0 atom stereocenters. The van der Waals surface area contributed by atoms with Crippen molar-refractivity contribution in [3.8, 4) is 0 Å². The van der Waals surface area contributed by atoms with Crippen molar-refractivity contribution < 1.29 is 24.0 Å². The smallest absolute Gasteiger partial charge is 0.257 e. The van der Waals surface area contributed by atoms with Gasteiger partial charge in [-0.2, -0.15) is 0 Å². The van der Waals surface area contributed by atoms with E-state index in [0.29, 0.717) is 12.8 Å². The van der Waals surface area contributed by atoms with Gasteiger partial charge in [0, 0.05) is 25.2 Å². The summed E-state index contributed by atoms with van der Waals surface area (Å²) in [5.74, 6) is -1.17. The minimum atomic E-state index is -0.450. The number of amides is 3. The lowest BCUT2D eigenvalue weighted by Gasteiger charge is -2.13. The van der Waals surface area contributed by atoms with E-state index in [2.05, 4.69) is 10.2 Å². The van der Waals surface area contributed by atoms with Crippen LogP contribution in [0.15, 0.2) is 12.2 Å². The normalized spacial score (nSPS) is 14.1. The zero-order chi connectivity index (χ0) is 13.4. The van der Waals surface area contributed by atoms with Crippen molar-refractivity contribution in [3.63, 3.8) is 0 Å². The van der Waals surface area contributed by atoms with Gasteiger partial charge in [-0.1, -0.05) is 0 Å². The summed E-state index contributed by atoms with van der Waals surface area (Å²) in [4.78, 5) is 48.8. The van der Waals surface area contributed by atoms with Crippen LogP contribution in [0, 0.1) is 0 Å². The number of aldehydes is 1. The largest absolute Gasteiger partial charge is 0.307 e. The van der Waals surface area contributed by atoms with Crippen molar-refractivity contribution >= 4 is 24.0 Å². The second kappa shape index (κ2) is 7.30. The summed E-state index contributed by atoms with van der Waals surface area (Å²) in [7, 11) is 0. The number of carbonyl (C=O) groups is 4. The summed E-state index contributed by atoms with van der Waals surface area (Å²) in [6.07, 6.45) is 2.90. The summed E-state index contributed by atoms with van der Waals surface area (Å²) in [5.41, 5.74) is 2.04. The van der Waals surface area contributed by atoms with Crippen LogP contribution in [0.1, 0.15) is 0 Å². The lowest BCUT2D eigenvalue weighted by Crippen LogP contribution is -2.40. The van der Waals surface area contributed by atoms with Gasteiger partial charge in [0.2, 0.25) is 0 Å². The maximum atomic E-state index is 11.1. The molecule has 2 N–H and O–H groups in total. The first-order valence-corrected chi connectivity index (χ1v) is 5.23. The number of nitrogens with one attached hydrogen (secondary N) is 2. The highest BCUT2D eigenvalue weighted by Gasteiger charge is 2.22. The average Bonchev–Trinajstić information content (AvgIpc) is 2.66. The van der Waals surface area contributed by atoms with Crippen molar-refractivity contribution in [3.05, 3.63) is 12.2 Å². The van der Waals surface area contributed by atoms with E-state index in [9.17, 15) is 19.2 Å². The second-order valence-corrected chi connectivity index (χ2v) is 3.34. The molecule has 0 aromatic rings. The fraction of sp³-hybridized carbons (Fsp3) is 0.400. The van der Waals surface area contributed by atoms with E-state index in [1.165, 1.54) is 12.2 Å². The molecule has 0 bridgehead atoms. The highest BCUT2D eigenvalue weighted by atomic mass is 16.7. The molecular weight excluding hydrogens is 242 g/mol. The van der Waals surface area contributed by atoms with Crippen molar-refractivity contribution in [1.29, 1.82) is 0 Å². The summed E-state index contributed by atoms with van der Waals surface area (Å²) in [6, 6.07) is 0.